The molecule has 2 aromatic carbocycles. The SMILES string of the molecule is Cc1ccc(C)c(N2CCN(C(=O)CN3Cc4ccccc4C3=O)CC2)c1. The highest BCUT2D eigenvalue weighted by atomic mass is 16.2. The van der Waals surface area contributed by atoms with Crippen molar-refractivity contribution < 1.29 is 9.59 Å². The van der Waals surface area contributed by atoms with E-state index in [0.29, 0.717) is 19.6 Å². The van der Waals surface area contributed by atoms with Crippen molar-refractivity contribution in [3.8, 4) is 0 Å². The molecule has 140 valence electrons. The molecule has 0 saturated carbocycles. The van der Waals surface area contributed by atoms with Crippen molar-refractivity contribution in [2.75, 3.05) is 37.6 Å². The van der Waals surface area contributed by atoms with E-state index in [1.807, 2.05) is 29.2 Å². The van der Waals surface area contributed by atoms with Crippen molar-refractivity contribution in [2.45, 2.75) is 20.4 Å². The molecule has 2 amide bonds. The summed E-state index contributed by atoms with van der Waals surface area (Å²) in [4.78, 5) is 31.1. The van der Waals surface area contributed by atoms with E-state index in [1.54, 1.807) is 4.90 Å². The Morgan fingerprint density at radius 1 is 1.00 bits per heavy atom. The molecule has 2 aromatic rings. The summed E-state index contributed by atoms with van der Waals surface area (Å²) in [6.07, 6.45) is 0. The predicted molar refractivity (Wildman–Crippen MR) is 106 cm³/mol. The van der Waals surface area contributed by atoms with Crippen molar-refractivity contribution in [1.29, 1.82) is 0 Å². The summed E-state index contributed by atoms with van der Waals surface area (Å²) in [5, 5.41) is 0. The fourth-order valence-corrected chi connectivity index (χ4v) is 3.96. The third kappa shape index (κ3) is 3.42. The number of hydrogen-bond acceptors (Lipinski definition) is 3. The summed E-state index contributed by atoms with van der Waals surface area (Å²) in [6.45, 7) is 7.97. The Balaban J connectivity index is 1.36. The van der Waals surface area contributed by atoms with Crippen molar-refractivity contribution in [1.82, 2.24) is 9.80 Å². The van der Waals surface area contributed by atoms with Crippen LogP contribution in [0.15, 0.2) is 42.5 Å². The molecule has 1 fully saturated rings. The number of anilines is 1. The Bertz CT molecular complexity index is 885. The number of piperazine rings is 1. The van der Waals surface area contributed by atoms with Gasteiger partial charge < -0.3 is 14.7 Å². The maximum atomic E-state index is 12.7. The van der Waals surface area contributed by atoms with Crippen LogP contribution < -0.4 is 4.90 Å². The Hall–Kier alpha value is -2.82. The second kappa shape index (κ2) is 7.06. The zero-order valence-electron chi connectivity index (χ0n) is 15.9. The van der Waals surface area contributed by atoms with E-state index in [4.69, 9.17) is 0 Å². The maximum absolute atomic E-state index is 12.7. The van der Waals surface area contributed by atoms with Gasteiger partial charge in [-0.2, -0.15) is 0 Å². The lowest BCUT2D eigenvalue weighted by Gasteiger charge is -2.37. The monoisotopic (exact) mass is 363 g/mol. The van der Waals surface area contributed by atoms with Gasteiger partial charge in [-0.05, 0) is 42.7 Å². The number of rotatable bonds is 3. The number of hydrogen-bond donors (Lipinski definition) is 0. The van der Waals surface area contributed by atoms with E-state index in [0.717, 1.165) is 24.2 Å². The molecule has 0 bridgehead atoms. The van der Waals surface area contributed by atoms with Crippen LogP contribution >= 0.6 is 0 Å². The van der Waals surface area contributed by atoms with Gasteiger partial charge in [0.05, 0.1) is 0 Å². The fraction of sp³-hybridized carbons (Fsp3) is 0.364. The first-order valence-corrected chi connectivity index (χ1v) is 9.50. The summed E-state index contributed by atoms with van der Waals surface area (Å²) in [7, 11) is 0. The number of carbonyl (C=O) groups excluding carboxylic acids is 2. The van der Waals surface area contributed by atoms with Gasteiger partial charge in [-0.1, -0.05) is 30.3 Å². The second-order valence-electron chi connectivity index (χ2n) is 7.48. The standard InChI is InChI=1S/C22H25N3O2/c1-16-7-8-17(2)20(13-16)23-9-11-24(12-10-23)21(26)15-25-14-18-5-3-4-6-19(18)22(25)27/h3-8,13H,9-12,14-15H2,1-2H3. The van der Waals surface area contributed by atoms with Crippen LogP contribution in [-0.2, 0) is 11.3 Å². The second-order valence-corrected chi connectivity index (χ2v) is 7.48. The Morgan fingerprint density at radius 2 is 1.74 bits per heavy atom. The van der Waals surface area contributed by atoms with Gasteiger partial charge in [0.2, 0.25) is 5.91 Å². The summed E-state index contributed by atoms with van der Waals surface area (Å²) < 4.78 is 0. The molecule has 2 aliphatic heterocycles. The highest BCUT2D eigenvalue weighted by molar-refractivity contribution is 6.00. The maximum Gasteiger partial charge on any atom is 0.254 e. The van der Waals surface area contributed by atoms with Gasteiger partial charge in [0, 0.05) is 44.0 Å². The number of fused-ring (bicyclic) bond motifs is 1. The van der Waals surface area contributed by atoms with Crippen molar-refractivity contribution in [2.24, 2.45) is 0 Å². The topological polar surface area (TPSA) is 43.9 Å². The van der Waals surface area contributed by atoms with Gasteiger partial charge in [-0.3, -0.25) is 9.59 Å². The smallest absolute Gasteiger partial charge is 0.254 e. The quantitative estimate of drug-likeness (QED) is 0.842. The lowest BCUT2D eigenvalue weighted by molar-refractivity contribution is -0.132. The van der Waals surface area contributed by atoms with E-state index in [-0.39, 0.29) is 18.4 Å². The van der Waals surface area contributed by atoms with Crippen LogP contribution in [-0.4, -0.2) is 54.3 Å². The molecule has 27 heavy (non-hydrogen) atoms. The lowest BCUT2D eigenvalue weighted by atomic mass is 10.1. The Kier molecular flexibility index (Phi) is 4.60. The molecule has 0 unspecified atom stereocenters. The normalized spacial score (nSPS) is 16.7. The molecule has 0 radical (unpaired) electrons. The molecule has 0 aromatic heterocycles. The number of benzene rings is 2. The summed E-state index contributed by atoms with van der Waals surface area (Å²) in [5.41, 5.74) is 5.51. The van der Waals surface area contributed by atoms with Gasteiger partial charge in [0.25, 0.3) is 5.91 Å². The van der Waals surface area contributed by atoms with Crippen molar-refractivity contribution in [3.63, 3.8) is 0 Å². The average Bonchev–Trinajstić information content (AvgIpc) is 3.00. The number of nitrogens with zero attached hydrogens (tertiary/aromatic N) is 3. The van der Waals surface area contributed by atoms with Crippen LogP contribution in [0.3, 0.4) is 0 Å². The fourth-order valence-electron chi connectivity index (χ4n) is 3.96. The summed E-state index contributed by atoms with van der Waals surface area (Å²) in [6, 6.07) is 14.1. The van der Waals surface area contributed by atoms with Crippen LogP contribution in [0, 0.1) is 13.8 Å². The van der Waals surface area contributed by atoms with Gasteiger partial charge in [0.1, 0.15) is 6.54 Å². The summed E-state index contributed by atoms with van der Waals surface area (Å²) >= 11 is 0. The molecular formula is C22H25N3O2. The van der Waals surface area contributed by atoms with Crippen molar-refractivity contribution >= 4 is 17.5 Å². The molecule has 1 saturated heterocycles. The highest BCUT2D eigenvalue weighted by Crippen LogP contribution is 2.24. The molecule has 5 heteroatoms. The molecule has 0 spiro atoms. The number of amides is 2. The minimum Gasteiger partial charge on any atom is -0.368 e. The molecule has 0 aliphatic carbocycles. The van der Waals surface area contributed by atoms with Crippen LogP contribution in [0.25, 0.3) is 0 Å². The zero-order chi connectivity index (χ0) is 19.0. The highest BCUT2D eigenvalue weighted by Gasteiger charge is 2.30. The third-order valence-corrected chi connectivity index (χ3v) is 5.56. The van der Waals surface area contributed by atoms with Gasteiger partial charge >= 0.3 is 0 Å². The van der Waals surface area contributed by atoms with Gasteiger partial charge in [0.15, 0.2) is 0 Å². The van der Waals surface area contributed by atoms with E-state index in [1.165, 1.54) is 16.8 Å². The van der Waals surface area contributed by atoms with E-state index in [9.17, 15) is 9.59 Å². The third-order valence-electron chi connectivity index (χ3n) is 5.56. The van der Waals surface area contributed by atoms with Gasteiger partial charge in [-0.25, -0.2) is 0 Å². The van der Waals surface area contributed by atoms with Crippen LogP contribution in [0.2, 0.25) is 0 Å². The molecule has 0 N–H and O–H groups in total. The van der Waals surface area contributed by atoms with Crippen LogP contribution in [0.5, 0.6) is 0 Å². The van der Waals surface area contributed by atoms with E-state index in [2.05, 4.69) is 36.9 Å². The van der Waals surface area contributed by atoms with E-state index >= 15 is 0 Å². The van der Waals surface area contributed by atoms with E-state index < -0.39 is 0 Å². The zero-order valence-corrected chi connectivity index (χ0v) is 15.9. The van der Waals surface area contributed by atoms with Crippen LogP contribution in [0.1, 0.15) is 27.0 Å². The number of aryl methyl sites for hydroxylation is 2. The largest absolute Gasteiger partial charge is 0.368 e. The minimum atomic E-state index is -0.0343. The summed E-state index contributed by atoms with van der Waals surface area (Å²) in [5.74, 6) is 0.00439. The molecule has 5 nitrogen and oxygen atoms in total. The van der Waals surface area contributed by atoms with Crippen molar-refractivity contribution in [3.05, 3.63) is 64.7 Å². The average molecular weight is 363 g/mol. The Morgan fingerprint density at radius 3 is 2.48 bits per heavy atom. The Labute approximate surface area is 160 Å². The van der Waals surface area contributed by atoms with Crippen LogP contribution in [0.4, 0.5) is 5.69 Å². The van der Waals surface area contributed by atoms with Gasteiger partial charge in [-0.15, -0.1) is 0 Å². The first kappa shape index (κ1) is 17.6. The molecular weight excluding hydrogens is 338 g/mol. The number of carbonyl (C=O) groups is 2. The minimum absolute atomic E-state index is 0.0343. The molecule has 2 aliphatic rings. The molecule has 0 atom stereocenters. The first-order chi connectivity index (χ1) is 13.0. The first-order valence-electron chi connectivity index (χ1n) is 9.50. The predicted octanol–water partition coefficient (Wildman–Crippen LogP) is 2.61. The molecule has 4 rings (SSSR count). The lowest BCUT2D eigenvalue weighted by Crippen LogP contribution is -2.51. The molecule has 2 heterocycles.